The summed E-state index contributed by atoms with van der Waals surface area (Å²) in [6.45, 7) is 4.20. The number of aryl methyl sites for hydroxylation is 1. The SMILES string of the molecule is Cc1cnc(C(=O)N2CCC(N3C[C@H](Oc4ccccc4)[C@@H]3c3ccncc3)CC2)cn1. The van der Waals surface area contributed by atoms with Gasteiger partial charge in [-0.1, -0.05) is 18.2 Å². The number of pyridine rings is 1. The Morgan fingerprint density at radius 1 is 1.00 bits per heavy atom. The van der Waals surface area contributed by atoms with Gasteiger partial charge >= 0.3 is 0 Å². The number of nitrogens with zero attached hydrogens (tertiary/aromatic N) is 5. The summed E-state index contributed by atoms with van der Waals surface area (Å²) in [5.41, 5.74) is 2.46. The van der Waals surface area contributed by atoms with E-state index in [2.05, 4.69) is 32.0 Å². The van der Waals surface area contributed by atoms with Crippen LogP contribution >= 0.6 is 0 Å². The van der Waals surface area contributed by atoms with Crippen LogP contribution in [0.15, 0.2) is 67.3 Å². The summed E-state index contributed by atoms with van der Waals surface area (Å²) < 4.78 is 6.32. The van der Waals surface area contributed by atoms with Crippen molar-refractivity contribution in [1.29, 1.82) is 0 Å². The number of carbonyl (C=O) groups excluding carboxylic acids is 1. The van der Waals surface area contributed by atoms with Crippen molar-refractivity contribution in [1.82, 2.24) is 24.8 Å². The Morgan fingerprint density at radius 3 is 2.44 bits per heavy atom. The van der Waals surface area contributed by atoms with Crippen molar-refractivity contribution in [2.45, 2.75) is 38.0 Å². The fraction of sp³-hybridized carbons (Fsp3) is 0.360. The van der Waals surface area contributed by atoms with Crippen LogP contribution in [0.4, 0.5) is 0 Å². The number of hydrogen-bond donors (Lipinski definition) is 0. The van der Waals surface area contributed by atoms with Crippen LogP contribution in [0.25, 0.3) is 0 Å². The molecule has 3 aromatic rings. The van der Waals surface area contributed by atoms with Gasteiger partial charge in [-0.05, 0) is 49.6 Å². The van der Waals surface area contributed by atoms with Crippen molar-refractivity contribution in [3.8, 4) is 5.75 Å². The van der Waals surface area contributed by atoms with Gasteiger partial charge < -0.3 is 9.64 Å². The van der Waals surface area contributed by atoms with Crippen LogP contribution < -0.4 is 4.74 Å². The summed E-state index contributed by atoms with van der Waals surface area (Å²) in [5, 5.41) is 0. The molecule has 164 valence electrons. The van der Waals surface area contributed by atoms with E-state index in [-0.39, 0.29) is 18.1 Å². The third kappa shape index (κ3) is 4.21. The predicted molar refractivity (Wildman–Crippen MR) is 120 cm³/mol. The van der Waals surface area contributed by atoms with Gasteiger partial charge in [-0.15, -0.1) is 0 Å². The molecule has 7 heteroatoms. The first-order valence-corrected chi connectivity index (χ1v) is 11.1. The summed E-state index contributed by atoms with van der Waals surface area (Å²) in [5.74, 6) is 0.867. The normalized spacial score (nSPS) is 21.7. The minimum absolute atomic E-state index is 0.0319. The van der Waals surface area contributed by atoms with E-state index in [0.29, 0.717) is 11.7 Å². The number of ether oxygens (including phenoxy) is 1. The highest BCUT2D eigenvalue weighted by molar-refractivity contribution is 5.92. The van der Waals surface area contributed by atoms with Crippen molar-refractivity contribution in [2.24, 2.45) is 0 Å². The van der Waals surface area contributed by atoms with E-state index in [0.717, 1.165) is 43.9 Å². The molecule has 1 aromatic carbocycles. The molecule has 2 aliphatic heterocycles. The Balaban J connectivity index is 1.25. The van der Waals surface area contributed by atoms with Crippen molar-refractivity contribution in [3.05, 3.63) is 84.2 Å². The van der Waals surface area contributed by atoms with Crippen LogP contribution in [0, 0.1) is 6.92 Å². The molecule has 2 fully saturated rings. The number of likely N-dealkylation sites (tertiary alicyclic amines) is 2. The van der Waals surface area contributed by atoms with Gasteiger partial charge in [-0.3, -0.25) is 19.7 Å². The average Bonchev–Trinajstić information content (AvgIpc) is 2.83. The van der Waals surface area contributed by atoms with E-state index in [4.69, 9.17) is 4.74 Å². The van der Waals surface area contributed by atoms with Crippen LogP contribution in [0.5, 0.6) is 5.75 Å². The first kappa shape index (κ1) is 20.6. The zero-order valence-corrected chi connectivity index (χ0v) is 18.2. The monoisotopic (exact) mass is 429 g/mol. The maximum Gasteiger partial charge on any atom is 0.274 e. The van der Waals surface area contributed by atoms with E-state index in [1.165, 1.54) is 5.56 Å². The lowest BCUT2D eigenvalue weighted by Gasteiger charge is -2.53. The molecule has 7 nitrogen and oxygen atoms in total. The highest BCUT2D eigenvalue weighted by Crippen LogP contribution is 2.40. The Bertz CT molecular complexity index is 1040. The first-order valence-electron chi connectivity index (χ1n) is 11.1. The molecule has 32 heavy (non-hydrogen) atoms. The molecule has 2 atom stereocenters. The van der Waals surface area contributed by atoms with Gasteiger partial charge in [0, 0.05) is 44.3 Å². The van der Waals surface area contributed by atoms with Crippen LogP contribution in [-0.4, -0.2) is 62.4 Å². The third-order valence-corrected chi connectivity index (χ3v) is 6.40. The topological polar surface area (TPSA) is 71.5 Å². The quantitative estimate of drug-likeness (QED) is 0.620. The molecule has 1 amide bonds. The fourth-order valence-electron chi connectivity index (χ4n) is 4.68. The Morgan fingerprint density at radius 2 is 1.75 bits per heavy atom. The summed E-state index contributed by atoms with van der Waals surface area (Å²) >= 11 is 0. The van der Waals surface area contributed by atoms with Gasteiger partial charge in [-0.2, -0.15) is 0 Å². The van der Waals surface area contributed by atoms with Gasteiger partial charge in [0.25, 0.3) is 5.91 Å². The number of para-hydroxylation sites is 1. The van der Waals surface area contributed by atoms with Crippen molar-refractivity contribution in [3.63, 3.8) is 0 Å². The lowest BCUT2D eigenvalue weighted by molar-refractivity contribution is -0.0842. The molecule has 0 radical (unpaired) electrons. The zero-order chi connectivity index (χ0) is 21.9. The molecule has 0 unspecified atom stereocenters. The molecular weight excluding hydrogens is 402 g/mol. The highest BCUT2D eigenvalue weighted by atomic mass is 16.5. The number of hydrogen-bond acceptors (Lipinski definition) is 6. The maximum absolute atomic E-state index is 12.8. The van der Waals surface area contributed by atoms with Crippen LogP contribution in [0.2, 0.25) is 0 Å². The van der Waals surface area contributed by atoms with Gasteiger partial charge in [0.2, 0.25) is 0 Å². The molecule has 0 aliphatic carbocycles. The third-order valence-electron chi connectivity index (χ3n) is 6.40. The lowest BCUT2D eigenvalue weighted by Crippen LogP contribution is -2.61. The fourth-order valence-corrected chi connectivity index (χ4v) is 4.68. The molecular formula is C25H27N5O2. The first-order chi connectivity index (χ1) is 15.7. The molecule has 0 spiro atoms. The van der Waals surface area contributed by atoms with Crippen molar-refractivity contribution in [2.75, 3.05) is 19.6 Å². The number of piperidine rings is 1. The number of aromatic nitrogens is 3. The van der Waals surface area contributed by atoms with E-state index < -0.39 is 0 Å². The molecule has 5 rings (SSSR count). The molecule has 0 N–H and O–H groups in total. The minimum atomic E-state index is -0.0319. The van der Waals surface area contributed by atoms with E-state index in [1.807, 2.05) is 54.5 Å². The standard InChI is InChI=1S/C25H27N5O2/c1-18-15-28-22(16-27-18)25(31)29-13-9-20(10-14-29)30-17-23(32-21-5-3-2-4-6-21)24(30)19-7-11-26-12-8-19/h2-8,11-12,15-16,20,23-24H,9-10,13-14,17H2,1H3/t23-,24-/m0/s1. The highest BCUT2D eigenvalue weighted by Gasteiger charge is 2.46. The Labute approximate surface area is 188 Å². The Hall–Kier alpha value is -3.32. The van der Waals surface area contributed by atoms with Gasteiger partial charge in [0.1, 0.15) is 17.5 Å². The lowest BCUT2D eigenvalue weighted by atomic mass is 9.87. The number of benzene rings is 1. The van der Waals surface area contributed by atoms with Crippen molar-refractivity contribution >= 4 is 5.91 Å². The second-order valence-electron chi connectivity index (χ2n) is 8.46. The van der Waals surface area contributed by atoms with E-state index >= 15 is 0 Å². The molecule has 2 aromatic heterocycles. The summed E-state index contributed by atoms with van der Waals surface area (Å²) in [6.07, 6.45) is 8.87. The summed E-state index contributed by atoms with van der Waals surface area (Å²) in [6, 6.07) is 14.8. The molecule has 0 bridgehead atoms. The second-order valence-corrected chi connectivity index (χ2v) is 8.46. The minimum Gasteiger partial charge on any atom is -0.487 e. The second kappa shape index (κ2) is 9.04. The molecule has 2 saturated heterocycles. The predicted octanol–water partition coefficient (Wildman–Crippen LogP) is 3.29. The number of rotatable bonds is 5. The van der Waals surface area contributed by atoms with E-state index in [9.17, 15) is 4.79 Å². The smallest absolute Gasteiger partial charge is 0.274 e. The van der Waals surface area contributed by atoms with Crippen molar-refractivity contribution < 1.29 is 9.53 Å². The molecule has 2 aliphatic rings. The van der Waals surface area contributed by atoms with Gasteiger partial charge in [-0.25, -0.2) is 4.98 Å². The molecule has 4 heterocycles. The zero-order valence-electron chi connectivity index (χ0n) is 18.2. The summed E-state index contributed by atoms with van der Waals surface area (Å²) in [7, 11) is 0. The maximum atomic E-state index is 12.8. The summed E-state index contributed by atoms with van der Waals surface area (Å²) in [4.78, 5) is 29.9. The number of carbonyl (C=O) groups is 1. The van der Waals surface area contributed by atoms with Crippen LogP contribution in [0.1, 0.15) is 40.6 Å². The van der Waals surface area contributed by atoms with E-state index in [1.54, 1.807) is 12.4 Å². The molecule has 0 saturated carbocycles. The number of amides is 1. The van der Waals surface area contributed by atoms with Gasteiger partial charge in [0.05, 0.1) is 17.9 Å². The Kier molecular flexibility index (Phi) is 5.81. The van der Waals surface area contributed by atoms with Crippen LogP contribution in [-0.2, 0) is 0 Å². The van der Waals surface area contributed by atoms with Gasteiger partial charge in [0.15, 0.2) is 0 Å². The average molecular weight is 430 g/mol. The largest absolute Gasteiger partial charge is 0.487 e. The van der Waals surface area contributed by atoms with Crippen LogP contribution in [0.3, 0.4) is 0 Å².